The monoisotopic (exact) mass is 586 g/mol. The van der Waals surface area contributed by atoms with Gasteiger partial charge in [0.2, 0.25) is 0 Å². The van der Waals surface area contributed by atoms with E-state index in [2.05, 4.69) is 18.7 Å². The quantitative estimate of drug-likeness (QED) is 0.138. The predicted molar refractivity (Wildman–Crippen MR) is 168 cm³/mol. The van der Waals surface area contributed by atoms with Crippen LogP contribution in [0, 0.1) is 6.92 Å². The highest BCUT2D eigenvalue weighted by Gasteiger charge is 2.46. The van der Waals surface area contributed by atoms with Crippen molar-refractivity contribution < 1.29 is 28.9 Å². The van der Waals surface area contributed by atoms with Crippen molar-refractivity contribution in [3.05, 3.63) is 94.6 Å². The number of likely N-dealkylation sites (tertiary alicyclic amines) is 1. The molecule has 0 aliphatic carbocycles. The van der Waals surface area contributed by atoms with E-state index in [0.717, 1.165) is 30.6 Å². The number of rotatable bonds is 14. The number of ether oxygens (including phenoxy) is 3. The van der Waals surface area contributed by atoms with Crippen molar-refractivity contribution in [2.24, 2.45) is 0 Å². The molecule has 1 atom stereocenters. The van der Waals surface area contributed by atoms with Crippen molar-refractivity contribution in [3.8, 4) is 17.2 Å². The number of ketones is 1. The summed E-state index contributed by atoms with van der Waals surface area (Å²) < 4.78 is 17.5. The van der Waals surface area contributed by atoms with E-state index in [-0.39, 0.29) is 11.3 Å². The van der Waals surface area contributed by atoms with E-state index in [0.29, 0.717) is 54.7 Å². The number of benzene rings is 3. The maximum Gasteiger partial charge on any atom is 0.295 e. The zero-order valence-corrected chi connectivity index (χ0v) is 25.8. The van der Waals surface area contributed by atoms with Gasteiger partial charge in [0.1, 0.15) is 18.1 Å². The molecule has 1 N–H and O–H groups in total. The Bertz CT molecular complexity index is 1450. The summed E-state index contributed by atoms with van der Waals surface area (Å²) >= 11 is 0. The van der Waals surface area contributed by atoms with Gasteiger partial charge in [0.15, 0.2) is 11.5 Å². The summed E-state index contributed by atoms with van der Waals surface area (Å²) in [5.74, 6) is 0.147. The van der Waals surface area contributed by atoms with E-state index in [1.165, 1.54) is 0 Å². The number of aryl methyl sites for hydroxylation is 1. The van der Waals surface area contributed by atoms with Crippen molar-refractivity contribution in [3.63, 3.8) is 0 Å². The van der Waals surface area contributed by atoms with Crippen LogP contribution < -0.4 is 14.2 Å². The Labute approximate surface area is 254 Å². The molecule has 1 fully saturated rings. The van der Waals surface area contributed by atoms with Gasteiger partial charge in [0.25, 0.3) is 11.7 Å². The van der Waals surface area contributed by atoms with Gasteiger partial charge >= 0.3 is 0 Å². The Kier molecular flexibility index (Phi) is 10.8. The first kappa shape index (κ1) is 31.6. The molecule has 3 aromatic rings. The number of aliphatic hydroxyl groups is 1. The molecule has 1 amide bonds. The fraction of sp³-hybridized carbons (Fsp3) is 0.371. The topological polar surface area (TPSA) is 88.5 Å². The highest BCUT2D eigenvalue weighted by atomic mass is 16.5. The molecule has 228 valence electrons. The zero-order chi connectivity index (χ0) is 30.9. The van der Waals surface area contributed by atoms with Crippen LogP contribution in [0.2, 0.25) is 0 Å². The molecule has 0 saturated carbocycles. The van der Waals surface area contributed by atoms with E-state index >= 15 is 0 Å². The summed E-state index contributed by atoms with van der Waals surface area (Å²) in [7, 11) is 1.55. The van der Waals surface area contributed by atoms with E-state index in [1.807, 2.05) is 50.2 Å². The minimum Gasteiger partial charge on any atom is -0.507 e. The number of hydrogen-bond acceptors (Lipinski definition) is 7. The summed E-state index contributed by atoms with van der Waals surface area (Å²) in [5.41, 5.74) is 2.98. The smallest absolute Gasteiger partial charge is 0.295 e. The number of Topliss-reactive ketones (excluding diaryl/α,β-unsaturated/α-hetero) is 1. The molecule has 1 heterocycles. The van der Waals surface area contributed by atoms with Crippen LogP contribution in [-0.2, 0) is 16.2 Å². The van der Waals surface area contributed by atoms with Crippen molar-refractivity contribution in [2.75, 3.05) is 39.9 Å². The first-order valence-electron chi connectivity index (χ1n) is 14.9. The number of carbonyl (C=O) groups excluding carboxylic acids is 2. The van der Waals surface area contributed by atoms with E-state index in [9.17, 15) is 14.7 Å². The van der Waals surface area contributed by atoms with E-state index in [4.69, 9.17) is 14.2 Å². The van der Waals surface area contributed by atoms with Crippen LogP contribution in [0.15, 0.2) is 72.3 Å². The molecular weight excluding hydrogens is 544 g/mol. The third-order valence-corrected chi connectivity index (χ3v) is 7.74. The molecule has 1 saturated heterocycles. The molecule has 3 aromatic carbocycles. The van der Waals surface area contributed by atoms with E-state index in [1.54, 1.807) is 42.3 Å². The molecule has 43 heavy (non-hydrogen) atoms. The second kappa shape index (κ2) is 14.7. The lowest BCUT2D eigenvalue weighted by Crippen LogP contribution is -2.38. The number of nitrogens with zero attached hydrogens (tertiary/aromatic N) is 2. The molecule has 0 bridgehead atoms. The Morgan fingerprint density at radius 2 is 1.63 bits per heavy atom. The van der Waals surface area contributed by atoms with Crippen LogP contribution in [0.25, 0.3) is 5.76 Å². The van der Waals surface area contributed by atoms with Crippen molar-refractivity contribution >= 4 is 17.4 Å². The van der Waals surface area contributed by atoms with E-state index < -0.39 is 17.7 Å². The number of amides is 1. The lowest BCUT2D eigenvalue weighted by Gasteiger charge is -2.28. The van der Waals surface area contributed by atoms with Gasteiger partial charge in [0.05, 0.1) is 25.3 Å². The van der Waals surface area contributed by atoms with Gasteiger partial charge in [-0.1, -0.05) is 57.2 Å². The molecule has 4 rings (SSSR count). The third-order valence-electron chi connectivity index (χ3n) is 7.74. The summed E-state index contributed by atoms with van der Waals surface area (Å²) in [6.07, 6.45) is 0.873. The van der Waals surface area contributed by atoms with Gasteiger partial charge in [0, 0.05) is 18.7 Å². The standard InChI is InChI=1S/C35H42N2O6/c1-6-20-42-28-16-15-27(21-24(28)4)33(38)31-32(37(35(40)34(31)39)19-18-36(7-2)8-3)26-14-17-29(30(22-26)41-5)43-23-25-12-10-9-11-13-25/h9-17,21-22,32,38H,6-8,18-20,23H2,1-5H3. The largest absolute Gasteiger partial charge is 0.507 e. The molecule has 0 aromatic heterocycles. The fourth-order valence-electron chi connectivity index (χ4n) is 5.28. The summed E-state index contributed by atoms with van der Waals surface area (Å²) in [6, 6.07) is 19.7. The number of carbonyl (C=O) groups is 2. The number of aliphatic hydroxyl groups excluding tert-OH is 1. The predicted octanol–water partition coefficient (Wildman–Crippen LogP) is 6.13. The normalized spacial score (nSPS) is 16.1. The molecule has 0 radical (unpaired) electrons. The first-order chi connectivity index (χ1) is 20.8. The molecule has 1 aliphatic heterocycles. The highest BCUT2D eigenvalue weighted by molar-refractivity contribution is 6.46. The number of likely N-dealkylation sites (N-methyl/N-ethyl adjacent to an activating group) is 1. The molecule has 8 heteroatoms. The van der Waals surface area contributed by atoms with Crippen LogP contribution >= 0.6 is 0 Å². The average molecular weight is 587 g/mol. The van der Waals surface area contributed by atoms with Gasteiger partial charge in [-0.05, 0) is 73.5 Å². The second-order valence-corrected chi connectivity index (χ2v) is 10.5. The Hall–Kier alpha value is -4.30. The van der Waals surface area contributed by atoms with Crippen molar-refractivity contribution in [1.82, 2.24) is 9.80 Å². The van der Waals surface area contributed by atoms with Gasteiger partial charge in [-0.25, -0.2) is 0 Å². The van der Waals surface area contributed by atoms with Crippen LogP contribution in [0.3, 0.4) is 0 Å². The fourth-order valence-corrected chi connectivity index (χ4v) is 5.28. The van der Waals surface area contributed by atoms with Crippen LogP contribution in [-0.4, -0.2) is 66.5 Å². The van der Waals surface area contributed by atoms with Crippen molar-refractivity contribution in [2.45, 2.75) is 46.8 Å². The average Bonchev–Trinajstić information content (AvgIpc) is 3.28. The third kappa shape index (κ3) is 7.20. The maximum atomic E-state index is 13.6. The lowest BCUT2D eigenvalue weighted by atomic mass is 9.94. The van der Waals surface area contributed by atoms with Crippen LogP contribution in [0.5, 0.6) is 17.2 Å². The van der Waals surface area contributed by atoms with Crippen molar-refractivity contribution in [1.29, 1.82) is 0 Å². The maximum absolute atomic E-state index is 13.6. The second-order valence-electron chi connectivity index (χ2n) is 10.5. The molecular formula is C35H42N2O6. The first-order valence-corrected chi connectivity index (χ1v) is 14.9. The Morgan fingerprint density at radius 1 is 0.907 bits per heavy atom. The van der Waals surface area contributed by atoms with Gasteiger partial charge in [-0.15, -0.1) is 0 Å². The molecule has 8 nitrogen and oxygen atoms in total. The summed E-state index contributed by atoms with van der Waals surface area (Å²) in [4.78, 5) is 30.8. The molecule has 1 aliphatic rings. The van der Waals surface area contributed by atoms with Crippen LogP contribution in [0.1, 0.15) is 55.5 Å². The minimum atomic E-state index is -0.802. The molecule has 0 spiro atoms. The highest BCUT2D eigenvalue weighted by Crippen LogP contribution is 2.42. The molecule has 1 unspecified atom stereocenters. The summed E-state index contributed by atoms with van der Waals surface area (Å²) in [6.45, 7) is 11.5. The Morgan fingerprint density at radius 3 is 2.28 bits per heavy atom. The van der Waals surface area contributed by atoms with Gasteiger partial charge < -0.3 is 29.1 Å². The minimum absolute atomic E-state index is 0.0474. The summed E-state index contributed by atoms with van der Waals surface area (Å²) in [5, 5.41) is 11.6. The van der Waals surface area contributed by atoms with Gasteiger partial charge in [-0.3, -0.25) is 9.59 Å². The van der Waals surface area contributed by atoms with Crippen LogP contribution in [0.4, 0.5) is 0 Å². The Balaban J connectivity index is 1.75. The lowest BCUT2D eigenvalue weighted by molar-refractivity contribution is -0.140. The van der Waals surface area contributed by atoms with Gasteiger partial charge in [-0.2, -0.15) is 0 Å². The zero-order valence-electron chi connectivity index (χ0n) is 25.8. The number of hydrogen-bond donors (Lipinski definition) is 1. The number of methoxy groups -OCH3 is 1. The SMILES string of the molecule is CCCOc1ccc(C(O)=C2C(=O)C(=O)N(CCN(CC)CC)C2c2ccc(OCc3ccccc3)c(OC)c2)cc1C.